The van der Waals surface area contributed by atoms with Crippen LogP contribution in [0.25, 0.3) is 11.3 Å². The average Bonchev–Trinajstić information content (AvgIpc) is 3.44. The van der Waals surface area contributed by atoms with E-state index in [1.165, 1.54) is 5.56 Å². The number of morpholine rings is 1. The fourth-order valence-corrected chi connectivity index (χ4v) is 7.60. The Morgan fingerprint density at radius 1 is 0.882 bits per heavy atom. The Hall–Kier alpha value is -4.93. The van der Waals surface area contributed by atoms with Crippen molar-refractivity contribution >= 4 is 17.8 Å². The number of carboxylic acid groups (broad SMARTS) is 1. The second-order valence-electron chi connectivity index (χ2n) is 14.0. The van der Waals surface area contributed by atoms with Crippen LogP contribution in [0.5, 0.6) is 5.75 Å². The molecule has 266 valence electrons. The van der Waals surface area contributed by atoms with E-state index in [1.54, 1.807) is 13.0 Å². The van der Waals surface area contributed by atoms with Gasteiger partial charge in [-0.1, -0.05) is 36.4 Å². The van der Waals surface area contributed by atoms with Crippen molar-refractivity contribution in [2.45, 2.75) is 52.2 Å². The molecule has 1 atom stereocenters. The third-order valence-corrected chi connectivity index (χ3v) is 10.8. The monoisotopic (exact) mass is 690 g/mol. The molecule has 0 saturated carbocycles. The molecule has 3 aliphatic heterocycles. The number of carbonyl (C=O) groups excluding carboxylic acids is 2. The van der Waals surface area contributed by atoms with Crippen LogP contribution in [0.3, 0.4) is 0 Å². The minimum atomic E-state index is -0.999. The van der Waals surface area contributed by atoms with Gasteiger partial charge in [-0.25, -0.2) is 4.79 Å². The van der Waals surface area contributed by atoms with Gasteiger partial charge in [-0.05, 0) is 84.8 Å². The predicted molar refractivity (Wildman–Crippen MR) is 194 cm³/mol. The highest BCUT2D eigenvalue weighted by atomic mass is 16.5. The van der Waals surface area contributed by atoms with Crippen molar-refractivity contribution in [1.82, 2.24) is 19.3 Å². The molecule has 0 unspecified atom stereocenters. The highest BCUT2D eigenvalue weighted by molar-refractivity contribution is 6.02. The molecular weight excluding hydrogens is 644 g/mol. The highest BCUT2D eigenvalue weighted by Gasteiger charge is 2.32. The first kappa shape index (κ1) is 34.5. The number of aromatic carboxylic acids is 1. The lowest BCUT2D eigenvalue weighted by Gasteiger charge is -2.36. The summed E-state index contributed by atoms with van der Waals surface area (Å²) in [7, 11) is 1.84. The topological polar surface area (TPSA) is 105 Å². The van der Waals surface area contributed by atoms with Crippen molar-refractivity contribution in [1.29, 1.82) is 0 Å². The van der Waals surface area contributed by atoms with Gasteiger partial charge < -0.3 is 28.9 Å². The van der Waals surface area contributed by atoms with Gasteiger partial charge in [-0.3, -0.25) is 14.5 Å². The summed E-state index contributed by atoms with van der Waals surface area (Å²) in [5.41, 5.74) is 8.09. The van der Waals surface area contributed by atoms with E-state index in [-0.39, 0.29) is 29.8 Å². The van der Waals surface area contributed by atoms with Crippen LogP contribution in [0, 0.1) is 6.92 Å². The van der Waals surface area contributed by atoms with Crippen molar-refractivity contribution in [3.05, 3.63) is 111 Å². The maximum Gasteiger partial charge on any atom is 0.337 e. The molecule has 1 fully saturated rings. The van der Waals surface area contributed by atoms with Crippen LogP contribution in [0.4, 0.5) is 0 Å². The molecule has 1 N–H and O–H groups in total. The van der Waals surface area contributed by atoms with Gasteiger partial charge in [-0.15, -0.1) is 0 Å². The van der Waals surface area contributed by atoms with Crippen LogP contribution < -0.4 is 4.74 Å². The highest BCUT2D eigenvalue weighted by Crippen LogP contribution is 2.35. The molecule has 10 heteroatoms. The van der Waals surface area contributed by atoms with Crippen molar-refractivity contribution < 1.29 is 29.0 Å². The molecule has 0 bridgehead atoms. The zero-order chi connectivity index (χ0) is 35.6. The summed E-state index contributed by atoms with van der Waals surface area (Å²) < 4.78 is 13.2. The normalized spacial score (nSPS) is 17.5. The number of carboxylic acids is 1. The molecule has 10 nitrogen and oxygen atoms in total. The summed E-state index contributed by atoms with van der Waals surface area (Å²) in [6.07, 6.45) is 1.68. The maximum atomic E-state index is 14.6. The molecule has 51 heavy (non-hydrogen) atoms. The maximum absolute atomic E-state index is 14.6. The predicted octanol–water partition coefficient (Wildman–Crippen LogP) is 5.12. The van der Waals surface area contributed by atoms with Gasteiger partial charge in [0.25, 0.3) is 5.91 Å². The van der Waals surface area contributed by atoms with Crippen molar-refractivity contribution in [3.63, 3.8) is 0 Å². The van der Waals surface area contributed by atoms with Crippen molar-refractivity contribution in [2.75, 3.05) is 46.0 Å². The third kappa shape index (κ3) is 7.29. The summed E-state index contributed by atoms with van der Waals surface area (Å²) in [6, 6.07) is 21.6. The zero-order valence-electron chi connectivity index (χ0n) is 29.7. The molecule has 0 spiro atoms. The molecule has 4 aromatic rings. The van der Waals surface area contributed by atoms with Crippen LogP contribution in [0.15, 0.2) is 66.7 Å². The average molecular weight is 691 g/mol. The van der Waals surface area contributed by atoms with E-state index in [9.17, 15) is 19.5 Å². The molecule has 4 heterocycles. The van der Waals surface area contributed by atoms with E-state index < -0.39 is 5.97 Å². The van der Waals surface area contributed by atoms with Crippen LogP contribution in [-0.4, -0.2) is 94.2 Å². The molecule has 1 saturated heterocycles. The Morgan fingerprint density at radius 2 is 1.63 bits per heavy atom. The number of carbonyl (C=O) groups is 3. The van der Waals surface area contributed by atoms with Gasteiger partial charge in [0.2, 0.25) is 5.91 Å². The van der Waals surface area contributed by atoms with Crippen LogP contribution >= 0.6 is 0 Å². The first-order valence-corrected chi connectivity index (χ1v) is 17.9. The number of hydrogen-bond donors (Lipinski definition) is 1. The first-order chi connectivity index (χ1) is 24.7. The van der Waals surface area contributed by atoms with Crippen LogP contribution in [0.2, 0.25) is 0 Å². The molecule has 1 aromatic heterocycles. The number of amides is 2. The van der Waals surface area contributed by atoms with Crippen molar-refractivity contribution in [3.8, 4) is 17.0 Å². The van der Waals surface area contributed by atoms with Crippen molar-refractivity contribution in [2.24, 2.45) is 7.05 Å². The summed E-state index contributed by atoms with van der Waals surface area (Å²) in [4.78, 5) is 46.4. The lowest BCUT2D eigenvalue weighted by atomic mass is 9.89. The number of nitrogens with zero attached hydrogens (tertiary/aromatic N) is 4. The van der Waals surface area contributed by atoms with Gasteiger partial charge in [0.15, 0.2) is 0 Å². The Kier molecular flexibility index (Phi) is 9.97. The number of rotatable bonds is 9. The van der Waals surface area contributed by atoms with E-state index >= 15 is 0 Å². The number of fused-ring (bicyclic) bond motifs is 2. The Morgan fingerprint density at radius 3 is 2.35 bits per heavy atom. The second-order valence-corrected chi connectivity index (χ2v) is 14.0. The molecular formula is C41H46N4O6. The number of ether oxygens (including phenoxy) is 2. The van der Waals surface area contributed by atoms with Crippen LogP contribution in [-0.2, 0) is 48.9 Å². The zero-order valence-corrected chi connectivity index (χ0v) is 29.7. The minimum absolute atomic E-state index is 0.0133. The molecule has 0 radical (unpaired) electrons. The van der Waals surface area contributed by atoms with E-state index in [4.69, 9.17) is 9.47 Å². The minimum Gasteiger partial charge on any atom is -0.492 e. The van der Waals surface area contributed by atoms with E-state index in [1.807, 2.05) is 69.9 Å². The smallest absolute Gasteiger partial charge is 0.337 e. The number of aromatic nitrogens is 1. The first-order valence-electron chi connectivity index (χ1n) is 17.9. The summed E-state index contributed by atoms with van der Waals surface area (Å²) in [5, 5.41) is 9.89. The molecule has 0 aliphatic carbocycles. The Bertz CT molecular complexity index is 1940. The third-order valence-electron chi connectivity index (χ3n) is 10.8. The summed E-state index contributed by atoms with van der Waals surface area (Å²) in [6.45, 7) is 10.2. The fourth-order valence-electron chi connectivity index (χ4n) is 7.60. The molecule has 3 aromatic carbocycles. The molecule has 3 aliphatic rings. The van der Waals surface area contributed by atoms with E-state index in [0.29, 0.717) is 49.6 Å². The fraction of sp³-hybridized carbons (Fsp3) is 0.390. The van der Waals surface area contributed by atoms with Gasteiger partial charge in [0.05, 0.1) is 25.2 Å². The van der Waals surface area contributed by atoms with E-state index in [2.05, 4.69) is 24.0 Å². The van der Waals surface area contributed by atoms with Gasteiger partial charge in [0.1, 0.15) is 12.4 Å². The summed E-state index contributed by atoms with van der Waals surface area (Å²) >= 11 is 0. The molecule has 7 rings (SSSR count). The van der Waals surface area contributed by atoms with Crippen LogP contribution in [0.1, 0.15) is 61.2 Å². The second kappa shape index (κ2) is 14.7. The van der Waals surface area contributed by atoms with Gasteiger partial charge >= 0.3 is 5.97 Å². The number of hydrogen-bond acceptors (Lipinski definition) is 6. The Balaban J connectivity index is 1.10. The standard InChI is InChI=1S/C41H46N4O6/c1-27-20-30-6-4-5-7-32(30)26-45(27)40(47)37-23-33-25-44(13-12-31(33)22-36(37)38-24-35(41(48)49)28(2)42(38)3)39(46)21-29-8-10-34(11-9-29)51-19-16-43-14-17-50-18-15-43/h4-11,22-24,27H,12-21,25-26H2,1-3H3,(H,48,49)/t27-/m1/s1. The lowest BCUT2D eigenvalue weighted by Crippen LogP contribution is -2.43. The van der Waals surface area contributed by atoms with E-state index in [0.717, 1.165) is 72.8 Å². The van der Waals surface area contributed by atoms with Gasteiger partial charge in [-0.2, -0.15) is 0 Å². The lowest BCUT2D eigenvalue weighted by molar-refractivity contribution is -0.131. The quantitative estimate of drug-likeness (QED) is 0.260. The number of benzene rings is 3. The largest absolute Gasteiger partial charge is 0.492 e. The molecule has 2 amide bonds. The summed E-state index contributed by atoms with van der Waals surface area (Å²) in [5.74, 6) is -0.276. The SMILES string of the molecule is Cc1c(C(=O)O)cc(-c2cc3c(cc2C(=O)N2Cc4ccccc4C[C@H]2C)CN(C(=O)Cc2ccc(OCCN4CCOCC4)cc2)CC3)n1C. The Labute approximate surface area is 299 Å². The van der Waals surface area contributed by atoms with Gasteiger partial charge in [0, 0.05) is 74.9 Å².